The van der Waals surface area contributed by atoms with Crippen molar-refractivity contribution >= 4 is 17.7 Å². The topological polar surface area (TPSA) is 136 Å². The molecule has 0 aromatic carbocycles. The third kappa shape index (κ3) is 8.24. The van der Waals surface area contributed by atoms with Gasteiger partial charge in [0, 0.05) is 50.7 Å². The molecular formula is C35H60FN3O9. The molecule has 0 spiro atoms. The van der Waals surface area contributed by atoms with Gasteiger partial charge in [0.2, 0.25) is 0 Å². The van der Waals surface area contributed by atoms with Crippen LogP contribution in [0.4, 0.5) is 4.39 Å². The van der Waals surface area contributed by atoms with Gasteiger partial charge in [0.05, 0.1) is 24.2 Å². The number of halogens is 1. The highest BCUT2D eigenvalue weighted by Crippen LogP contribution is 2.42. The number of nitrogens with one attached hydrogen (secondary N) is 1. The molecule has 276 valence electrons. The van der Waals surface area contributed by atoms with E-state index in [4.69, 9.17) is 23.7 Å². The van der Waals surface area contributed by atoms with Crippen molar-refractivity contribution < 1.29 is 47.6 Å². The average molecular weight is 686 g/mol. The van der Waals surface area contributed by atoms with Crippen LogP contribution in [0.3, 0.4) is 0 Å². The van der Waals surface area contributed by atoms with E-state index in [0.29, 0.717) is 45.4 Å². The monoisotopic (exact) mass is 685 g/mol. The Balaban J connectivity index is 1.67. The number of aliphatic hydroxyl groups excluding tert-OH is 1. The second-order valence-electron chi connectivity index (χ2n) is 15.5. The van der Waals surface area contributed by atoms with E-state index in [2.05, 4.69) is 12.2 Å². The van der Waals surface area contributed by atoms with Crippen LogP contribution in [0.2, 0.25) is 0 Å². The van der Waals surface area contributed by atoms with Gasteiger partial charge in [-0.3, -0.25) is 19.3 Å². The number of hydrogen-bond acceptors (Lipinski definition) is 12. The normalized spacial score (nSPS) is 44.4. The molecule has 4 aliphatic heterocycles. The summed E-state index contributed by atoms with van der Waals surface area (Å²) in [5.41, 5.74) is -2.10. The summed E-state index contributed by atoms with van der Waals surface area (Å²) in [5, 5.41) is 15.1. The fourth-order valence-corrected chi connectivity index (χ4v) is 8.38. The zero-order valence-corrected chi connectivity index (χ0v) is 30.6. The van der Waals surface area contributed by atoms with Crippen molar-refractivity contribution in [3.63, 3.8) is 0 Å². The summed E-state index contributed by atoms with van der Waals surface area (Å²) in [4.78, 5) is 44.3. The third-order valence-electron chi connectivity index (χ3n) is 11.4. The van der Waals surface area contributed by atoms with Gasteiger partial charge >= 0.3 is 11.9 Å². The number of methoxy groups -OCH3 is 1. The van der Waals surface area contributed by atoms with Gasteiger partial charge in [0.1, 0.15) is 24.3 Å². The number of rotatable bonds is 7. The van der Waals surface area contributed by atoms with Crippen LogP contribution < -0.4 is 5.32 Å². The fraction of sp³-hybridized carbons (Fsp3) is 0.914. The van der Waals surface area contributed by atoms with Gasteiger partial charge in [0.25, 0.3) is 0 Å². The second-order valence-corrected chi connectivity index (χ2v) is 15.5. The van der Waals surface area contributed by atoms with E-state index in [-0.39, 0.29) is 42.4 Å². The molecular weight excluding hydrogens is 625 g/mol. The van der Waals surface area contributed by atoms with Gasteiger partial charge in [0.15, 0.2) is 17.7 Å². The van der Waals surface area contributed by atoms with E-state index in [1.54, 1.807) is 14.0 Å². The van der Waals surface area contributed by atoms with E-state index < -0.39 is 65.6 Å². The molecule has 4 saturated heterocycles. The number of esters is 2. The van der Waals surface area contributed by atoms with Crippen molar-refractivity contribution in [3.8, 4) is 0 Å². The number of aliphatic hydroxyl groups is 1. The summed E-state index contributed by atoms with van der Waals surface area (Å²) < 4.78 is 44.7. The number of cyclic esters (lactones) is 1. The molecule has 0 saturated carbocycles. The molecule has 13 heteroatoms. The van der Waals surface area contributed by atoms with Crippen LogP contribution in [0, 0.1) is 23.7 Å². The summed E-state index contributed by atoms with van der Waals surface area (Å²) >= 11 is 0. The molecule has 0 aromatic heterocycles. The van der Waals surface area contributed by atoms with Crippen molar-refractivity contribution in [1.82, 2.24) is 15.1 Å². The largest absolute Gasteiger partial charge is 0.458 e. The highest BCUT2D eigenvalue weighted by atomic mass is 19.1. The number of hydrogen-bond donors (Lipinski definition) is 2. The zero-order valence-electron chi connectivity index (χ0n) is 30.6. The van der Waals surface area contributed by atoms with Crippen LogP contribution in [-0.4, -0.2) is 140 Å². The quantitative estimate of drug-likeness (QED) is 0.301. The Hall–Kier alpha value is -1.74. The van der Waals surface area contributed by atoms with E-state index in [1.807, 2.05) is 51.6 Å². The first kappa shape index (κ1) is 39.1. The Morgan fingerprint density at radius 2 is 1.79 bits per heavy atom. The minimum Gasteiger partial charge on any atom is -0.458 e. The van der Waals surface area contributed by atoms with E-state index in [1.165, 1.54) is 6.92 Å². The molecule has 0 aliphatic carbocycles. The van der Waals surface area contributed by atoms with Crippen molar-refractivity contribution in [2.75, 3.05) is 47.4 Å². The minimum absolute atomic E-state index is 0.0250. The molecule has 4 aliphatic rings. The molecule has 13 atom stereocenters. The van der Waals surface area contributed by atoms with Gasteiger partial charge in [-0.2, -0.15) is 0 Å². The van der Waals surface area contributed by atoms with Gasteiger partial charge in [-0.1, -0.05) is 20.8 Å². The predicted molar refractivity (Wildman–Crippen MR) is 176 cm³/mol. The number of carbonyl (C=O) groups is 3. The van der Waals surface area contributed by atoms with Crippen LogP contribution in [0.1, 0.15) is 74.1 Å². The summed E-state index contributed by atoms with van der Waals surface area (Å²) in [5.74, 6) is -3.70. The van der Waals surface area contributed by atoms with Gasteiger partial charge in [-0.25, -0.2) is 4.39 Å². The smallest absolute Gasteiger partial charge is 0.316 e. The highest BCUT2D eigenvalue weighted by molar-refractivity contribution is 6.00. The number of likely N-dealkylation sites (tertiary alicyclic amines) is 1. The highest BCUT2D eigenvalue weighted by Gasteiger charge is 2.55. The predicted octanol–water partition coefficient (Wildman–Crippen LogP) is 2.34. The van der Waals surface area contributed by atoms with E-state index in [9.17, 15) is 23.9 Å². The maximum atomic E-state index is 14.2. The molecule has 0 amide bonds. The first-order chi connectivity index (χ1) is 22.4. The number of ether oxygens (including phenoxy) is 5. The lowest BCUT2D eigenvalue weighted by Gasteiger charge is -2.48. The molecule has 12 nitrogen and oxygen atoms in total. The van der Waals surface area contributed by atoms with Crippen molar-refractivity contribution in [3.05, 3.63) is 0 Å². The molecule has 2 N–H and O–H groups in total. The number of Topliss-reactive ketones (excluding diaryl/α,β-unsaturated/α-hetero) is 1. The number of nitrogens with zero attached hydrogens (tertiary/aromatic N) is 2. The minimum atomic E-state index is -1.15. The summed E-state index contributed by atoms with van der Waals surface area (Å²) in [6, 6.07) is -0.456. The summed E-state index contributed by atoms with van der Waals surface area (Å²) in [6.07, 6.45) is -3.43. The molecule has 48 heavy (non-hydrogen) atoms. The standard InChI is InChI=1S/C35H60FN3O9/c1-11-27-35(7)25(13-28(40)48-35)22(5)37-15-19(2)14-34(6,44-10)31(20(3)29(41)21(4)32(43)46-27)47-33-30(42)26(38(8)9)12-24(45-33)18-39-16-23(36)17-39/h19-27,30-31,33,37,42H,11-18H2,1-10H3/t19-,20+,21?,22-,24?,25-,26?,27-,30?,31-,33?,34-,35+/m1/s1. The fourth-order valence-electron chi connectivity index (χ4n) is 8.38. The maximum absolute atomic E-state index is 14.2. The van der Waals surface area contributed by atoms with E-state index in [0.717, 1.165) is 0 Å². The molecule has 4 fully saturated rings. The second kappa shape index (κ2) is 15.7. The zero-order chi connectivity index (χ0) is 35.7. The van der Waals surface area contributed by atoms with Crippen LogP contribution in [0.15, 0.2) is 0 Å². The Labute approximate surface area is 285 Å². The van der Waals surface area contributed by atoms with Crippen molar-refractivity contribution in [1.29, 1.82) is 0 Å². The van der Waals surface area contributed by atoms with Crippen LogP contribution in [0.5, 0.6) is 0 Å². The maximum Gasteiger partial charge on any atom is 0.316 e. The molecule has 4 heterocycles. The number of fused-ring (bicyclic) bond motifs is 1. The van der Waals surface area contributed by atoms with Crippen LogP contribution >= 0.6 is 0 Å². The first-order valence-corrected chi connectivity index (χ1v) is 17.7. The molecule has 0 bridgehead atoms. The lowest BCUT2D eigenvalue weighted by atomic mass is 9.78. The van der Waals surface area contributed by atoms with Gasteiger partial charge in [-0.05, 0) is 73.5 Å². The molecule has 5 unspecified atom stereocenters. The first-order valence-electron chi connectivity index (χ1n) is 17.7. The SMILES string of the molecule is CC[C@H]1OC(=O)C(C)C(=O)[C@H](C)[C@@H](OC2OC(CN3CC(F)C3)CC(N(C)C)C2O)[C@](C)(OC)C[C@@H](C)CN[C@H](C)[C@H]2CC(=O)O[C@@]21C. The Bertz CT molecular complexity index is 1140. The van der Waals surface area contributed by atoms with E-state index >= 15 is 0 Å². The number of likely N-dealkylation sites (N-methyl/N-ethyl adjacent to an activating group) is 1. The summed E-state index contributed by atoms with van der Waals surface area (Å²) in [6.45, 7) is 14.6. The lowest BCUT2D eigenvalue weighted by molar-refractivity contribution is -0.299. The van der Waals surface area contributed by atoms with Crippen LogP contribution in [-0.2, 0) is 38.1 Å². The van der Waals surface area contributed by atoms with Crippen LogP contribution in [0.25, 0.3) is 0 Å². The average Bonchev–Trinajstić information content (AvgIpc) is 3.34. The summed E-state index contributed by atoms with van der Waals surface area (Å²) in [7, 11) is 5.33. The molecule has 4 rings (SSSR count). The molecule has 0 radical (unpaired) electrons. The Morgan fingerprint density at radius 1 is 1.12 bits per heavy atom. The van der Waals surface area contributed by atoms with Crippen molar-refractivity contribution in [2.45, 2.75) is 134 Å². The third-order valence-corrected chi connectivity index (χ3v) is 11.4. The van der Waals surface area contributed by atoms with Gasteiger partial charge < -0.3 is 39.0 Å². The number of alkyl halides is 1. The van der Waals surface area contributed by atoms with Gasteiger partial charge in [-0.15, -0.1) is 0 Å². The Kier molecular flexibility index (Phi) is 12.7. The molecule has 0 aromatic rings. The lowest BCUT2D eigenvalue weighted by Crippen LogP contribution is -2.61. The Morgan fingerprint density at radius 3 is 2.38 bits per heavy atom. The number of ketones is 1. The number of carbonyl (C=O) groups excluding carboxylic acids is 3. The van der Waals surface area contributed by atoms with Crippen molar-refractivity contribution in [2.24, 2.45) is 23.7 Å².